The number of carbonyl (C=O) groups is 7. The predicted octanol–water partition coefficient (Wildman–Crippen LogP) is -25.3. The first kappa shape index (κ1) is 122. The van der Waals surface area contributed by atoms with Gasteiger partial charge in [-0.25, -0.2) is 4.79 Å². The average Bonchev–Trinajstić information content (AvgIpc) is 0.750. The van der Waals surface area contributed by atoms with E-state index in [1.165, 1.54) is 0 Å². The van der Waals surface area contributed by atoms with Gasteiger partial charge in [-0.2, -0.15) is 0 Å². The Morgan fingerprint density at radius 1 is 0.295 bits per heavy atom. The van der Waals surface area contributed by atoms with Gasteiger partial charge < -0.3 is 290 Å². The lowest BCUT2D eigenvalue weighted by Gasteiger charge is -2.51. The highest BCUT2D eigenvalue weighted by molar-refractivity contribution is 5.77. The van der Waals surface area contributed by atoms with Gasteiger partial charge in [0.15, 0.2) is 56.6 Å². The van der Waals surface area contributed by atoms with Crippen LogP contribution in [0.4, 0.5) is 0 Å². The van der Waals surface area contributed by atoms with Gasteiger partial charge >= 0.3 is 5.97 Å². The van der Waals surface area contributed by atoms with E-state index < -0.39 is 464 Å². The number of aliphatic hydroxyl groups is 31. The minimum Gasteiger partial charge on any atom is -0.477 e. The molecule has 38 N–H and O–H groups in total. The average molecular weight is 2140 g/mol. The van der Waals surface area contributed by atoms with Crippen LogP contribution in [0.2, 0.25) is 0 Å². The van der Waals surface area contributed by atoms with Crippen molar-refractivity contribution in [2.24, 2.45) is 0 Å². The molecule has 0 saturated carbocycles. The van der Waals surface area contributed by atoms with E-state index >= 15 is 0 Å². The van der Waals surface area contributed by atoms with E-state index in [2.05, 4.69) is 31.9 Å². The Kier molecular flexibility index (Phi) is 45.1. The fourth-order valence-electron chi connectivity index (χ4n) is 18.7. The molecule has 844 valence electrons. The van der Waals surface area contributed by atoms with Crippen molar-refractivity contribution in [3.05, 3.63) is 0 Å². The van der Waals surface area contributed by atoms with Crippen LogP contribution in [0.1, 0.15) is 48.0 Å². The highest BCUT2D eigenvalue weighted by atomic mass is 16.8. The second-order valence-corrected chi connectivity index (χ2v) is 36.4. The topological polar surface area (TPSA) is 1020 Å². The summed E-state index contributed by atoms with van der Waals surface area (Å²) in [5, 5.41) is 372. The number of aliphatic carboxylic acids is 1. The lowest BCUT2D eigenvalue weighted by Crippen LogP contribution is -2.71. The van der Waals surface area contributed by atoms with Crippen LogP contribution in [0.3, 0.4) is 0 Å². The molecule has 0 bridgehead atoms. The van der Waals surface area contributed by atoms with Crippen molar-refractivity contribution in [2.75, 3.05) is 79.3 Å². The largest absolute Gasteiger partial charge is 0.477 e. The summed E-state index contributed by atoms with van der Waals surface area (Å²) in [6.07, 6.45) is -106. The number of amides is 6. The summed E-state index contributed by atoms with van der Waals surface area (Å²) in [7, 11) is 0. The highest BCUT2D eigenvalue weighted by Gasteiger charge is 2.65. The van der Waals surface area contributed by atoms with Crippen LogP contribution in [0.25, 0.3) is 0 Å². The van der Waals surface area contributed by atoms with Crippen LogP contribution in [0.15, 0.2) is 0 Å². The molecule has 6 amide bonds. The Bertz CT molecular complexity index is 4110. The molecule has 146 heavy (non-hydrogen) atoms. The van der Waals surface area contributed by atoms with Gasteiger partial charge in [-0.15, -0.1) is 0 Å². The Morgan fingerprint density at radius 3 is 0.795 bits per heavy atom. The lowest BCUT2D eigenvalue weighted by molar-refractivity contribution is -0.392. The number of hydrogen-bond acceptors (Lipinski definition) is 58. The monoisotopic (exact) mass is 2140 g/mol. The number of aliphatic hydroxyl groups excluding tert-OH is 31. The summed E-state index contributed by atoms with van der Waals surface area (Å²) < 4.78 is 118. The molecule has 10 fully saturated rings. The summed E-state index contributed by atoms with van der Waals surface area (Å²) in [5.74, 6) is -11.2. The molecule has 10 rings (SSSR count). The number of ether oxygens (including phenoxy) is 20. The SMILES string of the molecule is CC(=O)N[C@H]1[C@H](O[C@H]2[C@@H](O)[C@@H](CO)O[C@@H](O[C@@H]([C@@H](O)[C@H](O)CO)[C@H](CO)NC(C)=O)[C@@H]2O)O[C@H](CO)[C@@H](O[C@@H]2O[C@H](CO)[C@H](O)[C@H](O[C@@H]3O[C@H](CO)[C@@H](O[C@@H]4O[C@H](CO)[C@H](O)[C@H](O[C@@H]5O[C@H](CO)[C@@H](O[C@@H]6O[C@H](CO)[C@H](O)[C@H](O[C@@H]7O[C@H](CO)[C@@H](O[C@@H]8O[C@H](CO)[C@H](O)[C@H](O[C@]9(C(=O)O)C[C@H](O)[C@@H](NC(C)=O)[C@H]([C@H](O)[C@H](O)CO)O9)[C@H]8O)[C@H](O)[C@H]7NC(C)=O)[C@H]6O)[C@H](O)[C@H]5NC(C)=O)[C@H]4O)[C@H](O)[C@H]3NC(C)=O)[C@H]2O)[C@@H]1O. The van der Waals surface area contributed by atoms with Gasteiger partial charge in [-0.1, -0.05) is 0 Å². The summed E-state index contributed by atoms with van der Waals surface area (Å²) in [5.41, 5.74) is 0. The predicted molar refractivity (Wildman–Crippen MR) is 451 cm³/mol. The summed E-state index contributed by atoms with van der Waals surface area (Å²) >= 11 is 0. The van der Waals surface area contributed by atoms with Gasteiger partial charge in [-0.3, -0.25) is 28.8 Å². The Balaban J connectivity index is 0.826. The molecule has 10 aliphatic rings. The Labute approximate surface area is 826 Å². The molecule has 0 aromatic carbocycles. The second kappa shape index (κ2) is 53.9. The smallest absolute Gasteiger partial charge is 0.364 e. The minimum atomic E-state index is -3.29. The number of hydrogen-bond donors (Lipinski definition) is 38. The molecule has 0 aliphatic carbocycles. The maximum Gasteiger partial charge on any atom is 0.364 e. The van der Waals surface area contributed by atoms with Crippen molar-refractivity contribution in [3.63, 3.8) is 0 Å². The Morgan fingerprint density at radius 2 is 0.541 bits per heavy atom. The van der Waals surface area contributed by atoms with Crippen molar-refractivity contribution in [2.45, 2.75) is 385 Å². The molecule has 55 atom stereocenters. The molecule has 10 aliphatic heterocycles. The van der Waals surface area contributed by atoms with Crippen molar-refractivity contribution >= 4 is 41.4 Å². The zero-order chi connectivity index (χ0) is 108. The van der Waals surface area contributed by atoms with Crippen molar-refractivity contribution in [1.82, 2.24) is 31.9 Å². The summed E-state index contributed by atoms with van der Waals surface area (Å²) in [6.45, 7) is -8.69. The van der Waals surface area contributed by atoms with Crippen LogP contribution < -0.4 is 31.9 Å². The maximum atomic E-state index is 13.2. The van der Waals surface area contributed by atoms with Gasteiger partial charge in [0.1, 0.15) is 256 Å². The molecule has 0 aromatic heterocycles. The van der Waals surface area contributed by atoms with Crippen molar-refractivity contribution in [3.8, 4) is 0 Å². The molecule has 65 nitrogen and oxygen atoms in total. The molecule has 0 radical (unpaired) electrons. The van der Waals surface area contributed by atoms with E-state index in [4.69, 9.17) is 94.7 Å². The zero-order valence-electron chi connectivity index (χ0n) is 78.7. The first-order valence-electron chi connectivity index (χ1n) is 46.2. The van der Waals surface area contributed by atoms with E-state index in [0.717, 1.165) is 41.5 Å². The fourth-order valence-corrected chi connectivity index (χ4v) is 18.7. The van der Waals surface area contributed by atoms with E-state index in [-0.39, 0.29) is 0 Å². The number of carboxylic acids is 1. The van der Waals surface area contributed by atoms with Gasteiger partial charge in [0.05, 0.1) is 97.5 Å². The van der Waals surface area contributed by atoms with Crippen LogP contribution in [0.5, 0.6) is 0 Å². The molecule has 0 unspecified atom stereocenters. The third kappa shape index (κ3) is 27.6. The zero-order valence-corrected chi connectivity index (χ0v) is 78.7. The lowest BCUT2D eigenvalue weighted by atomic mass is 9.88. The fraction of sp³-hybridized carbons (Fsp3) is 0.914. The second-order valence-electron chi connectivity index (χ2n) is 36.4. The standard InChI is InChI=1S/C81H136N6O59/c1-20(100)82-26(8-88)60(44(109)28(107)9-89)136-75-55(120)66(46(111)30(11-91)127-75)141-71-40(84-22(3)102)51(116)61(35(16-96)132-71)137-76-56(121)67(47(112)31(12-92)128-76)142-72-41(85-23(4)103)52(117)62(36(17-97)133-72)138-77-57(122)68(48(113)32(13-93)129-77)143-73-42(86-24(5)104)53(118)63(37(18-98)134-73)139-78-58(123)69(49(114)33(14-94)130-78)144-74-43(87-25(6)105)54(119)64(38(19-99)135-74)140-79-59(124)70(50(115)34(15-95)131-79)146-81(80(125)126)7-27(106)39(83-21(2)101)65(145-81)45(110)29(108)10-90/h26-79,88-99,106-124H,7-19H2,1-6H3,(H,82,100)(H,83,101)(H,84,102)(H,85,103)(H,86,104)(H,87,105)(H,125,126)/t26-,27-,28+,29+,30+,31+,32+,33+,34+,35+,36+,37+,38+,39+,40+,41+,42+,43+,44-,45+,46-,47-,48-,49-,50-,51+,52+,53+,54+,55+,56+,57+,58+,59+,60+,61+,62+,63+,64+,65+,66-,67-,68-,69-,70-,71-,72-,73-,74-,75-,76-,77-,78-,79-,81-/m0/s1. The van der Waals surface area contributed by atoms with E-state index in [1.54, 1.807) is 0 Å². The molecule has 10 heterocycles. The number of carboxylic acid groups (broad SMARTS) is 1. The van der Waals surface area contributed by atoms with Gasteiger partial charge in [0.2, 0.25) is 35.4 Å². The minimum absolute atomic E-state index is 0.820. The number of carbonyl (C=O) groups excluding carboxylic acids is 6. The molecule has 10 saturated heterocycles. The van der Waals surface area contributed by atoms with E-state index in [9.17, 15) is 197 Å². The first-order valence-corrected chi connectivity index (χ1v) is 46.2. The maximum absolute atomic E-state index is 13.2. The third-order valence-electron chi connectivity index (χ3n) is 26.0. The van der Waals surface area contributed by atoms with Crippen LogP contribution in [0, 0.1) is 0 Å². The van der Waals surface area contributed by atoms with Crippen LogP contribution in [-0.4, -0.2) is 621 Å². The van der Waals surface area contributed by atoms with Gasteiger partial charge in [-0.05, 0) is 0 Å². The molecular formula is C81H136N6O59. The van der Waals surface area contributed by atoms with E-state index in [1.807, 2.05) is 0 Å². The van der Waals surface area contributed by atoms with Crippen LogP contribution >= 0.6 is 0 Å². The quantitative estimate of drug-likeness (QED) is 0.0269. The molecule has 0 spiro atoms. The highest BCUT2D eigenvalue weighted by Crippen LogP contribution is 2.44. The van der Waals surface area contributed by atoms with E-state index in [0.29, 0.717) is 0 Å². The third-order valence-corrected chi connectivity index (χ3v) is 26.0. The van der Waals surface area contributed by atoms with Gasteiger partial charge in [0, 0.05) is 48.0 Å². The molecular weight excluding hydrogens is 2000 g/mol. The van der Waals surface area contributed by atoms with Crippen molar-refractivity contribution < 1.29 is 292 Å². The first-order chi connectivity index (χ1) is 68.9. The molecule has 0 aromatic rings. The molecule has 65 heteroatoms. The Hall–Kier alpha value is -5.75. The normalized spacial score (nSPS) is 44.7. The summed E-state index contributed by atoms with van der Waals surface area (Å²) in [4.78, 5) is 89.8. The number of nitrogens with one attached hydrogen (secondary N) is 6. The van der Waals surface area contributed by atoms with Crippen molar-refractivity contribution in [1.29, 1.82) is 0 Å². The van der Waals surface area contributed by atoms with Crippen LogP contribution in [-0.2, 0) is 128 Å². The summed E-state index contributed by atoms with van der Waals surface area (Å²) in [6, 6.07) is -11.5. The van der Waals surface area contributed by atoms with Gasteiger partial charge in [0.25, 0.3) is 5.79 Å². The number of rotatable bonds is 44.